The van der Waals surface area contributed by atoms with Gasteiger partial charge >= 0.3 is 6.18 Å². The van der Waals surface area contributed by atoms with E-state index in [0.29, 0.717) is 17.0 Å². The van der Waals surface area contributed by atoms with Gasteiger partial charge in [-0.3, -0.25) is 4.98 Å². The van der Waals surface area contributed by atoms with Gasteiger partial charge in [0, 0.05) is 37.8 Å². The Morgan fingerprint density at radius 2 is 1.67 bits per heavy atom. The molecule has 4 rings (SSSR count). The molecule has 3 aromatic rings. The number of aromatic nitrogens is 1. The molecule has 5 nitrogen and oxygen atoms in total. The molecule has 1 aromatic heterocycles. The van der Waals surface area contributed by atoms with Gasteiger partial charge in [-0.15, -0.1) is 12.4 Å². The van der Waals surface area contributed by atoms with Gasteiger partial charge in [-0.05, 0) is 30.3 Å². The highest BCUT2D eigenvalue weighted by Gasteiger charge is 2.32. The van der Waals surface area contributed by atoms with Gasteiger partial charge in [0.25, 0.3) is 0 Å². The normalized spacial score (nSPS) is 15.1. The van der Waals surface area contributed by atoms with E-state index in [-0.39, 0.29) is 17.3 Å². The van der Waals surface area contributed by atoms with E-state index in [1.54, 1.807) is 6.07 Å². The summed E-state index contributed by atoms with van der Waals surface area (Å²) < 4.78 is 64.7. The predicted molar refractivity (Wildman–Crippen MR) is 111 cm³/mol. The lowest BCUT2D eigenvalue weighted by molar-refractivity contribution is -0.137. The minimum Gasteiger partial charge on any atom is -0.367 e. The molecule has 0 unspecified atom stereocenters. The zero-order valence-corrected chi connectivity index (χ0v) is 17.3. The number of benzene rings is 2. The summed E-state index contributed by atoms with van der Waals surface area (Å²) in [6, 6.07) is 10.7. The second-order valence-corrected chi connectivity index (χ2v) is 8.74. The first-order valence-electron chi connectivity index (χ1n) is 9.03. The van der Waals surface area contributed by atoms with Gasteiger partial charge in [0.05, 0.1) is 26.6 Å². The van der Waals surface area contributed by atoms with Crippen molar-refractivity contribution in [2.24, 2.45) is 0 Å². The molecule has 160 valence electrons. The SMILES string of the molecule is Cl.O=S(=O)(c1cccc(C(F)(F)F)c1)c1cnc2c(N3CCNCC3)cccc2c1. The van der Waals surface area contributed by atoms with Crippen LogP contribution in [0.1, 0.15) is 5.56 Å². The van der Waals surface area contributed by atoms with Crippen LogP contribution in [0, 0.1) is 0 Å². The van der Waals surface area contributed by atoms with E-state index >= 15 is 0 Å². The molecule has 0 amide bonds. The molecule has 1 aliphatic rings. The van der Waals surface area contributed by atoms with Crippen LogP contribution >= 0.6 is 12.4 Å². The molecule has 1 aliphatic heterocycles. The number of piperazine rings is 1. The van der Waals surface area contributed by atoms with Crippen LogP contribution in [0.5, 0.6) is 0 Å². The Balaban J connectivity index is 0.00000256. The number of sulfone groups is 1. The number of halogens is 4. The summed E-state index contributed by atoms with van der Waals surface area (Å²) in [5.74, 6) is 0. The standard InChI is InChI=1S/C20H18F3N3O2S.ClH/c21-20(22,23)15-4-2-5-16(12-15)29(27,28)17-11-14-3-1-6-18(19(14)25-13-17)26-9-7-24-8-10-26;/h1-6,11-13,24H,7-10H2;1H. The number of nitrogens with zero attached hydrogens (tertiary/aromatic N) is 2. The van der Waals surface area contributed by atoms with E-state index in [1.807, 2.05) is 12.1 Å². The Bertz CT molecular complexity index is 1160. The van der Waals surface area contributed by atoms with E-state index < -0.39 is 26.5 Å². The van der Waals surface area contributed by atoms with Crippen LogP contribution in [0.2, 0.25) is 0 Å². The highest BCUT2D eigenvalue weighted by Crippen LogP contribution is 2.33. The Labute approximate surface area is 178 Å². The average Bonchev–Trinajstić information content (AvgIpc) is 2.73. The van der Waals surface area contributed by atoms with Crippen molar-refractivity contribution in [1.29, 1.82) is 0 Å². The first-order valence-corrected chi connectivity index (χ1v) is 10.5. The number of anilines is 1. The number of alkyl halides is 3. The van der Waals surface area contributed by atoms with Crippen molar-refractivity contribution in [3.8, 4) is 0 Å². The third-order valence-corrected chi connectivity index (χ3v) is 6.62. The lowest BCUT2D eigenvalue weighted by Crippen LogP contribution is -2.43. The summed E-state index contributed by atoms with van der Waals surface area (Å²) in [6.07, 6.45) is -3.41. The summed E-state index contributed by atoms with van der Waals surface area (Å²) >= 11 is 0. The van der Waals surface area contributed by atoms with Crippen molar-refractivity contribution in [3.05, 3.63) is 60.3 Å². The Morgan fingerprint density at radius 1 is 0.967 bits per heavy atom. The zero-order chi connectivity index (χ0) is 20.6. The summed E-state index contributed by atoms with van der Waals surface area (Å²) in [5.41, 5.74) is 0.567. The maximum Gasteiger partial charge on any atom is 0.416 e. The first kappa shape index (κ1) is 22.3. The third kappa shape index (κ3) is 4.23. The lowest BCUT2D eigenvalue weighted by atomic mass is 10.1. The summed E-state index contributed by atoms with van der Waals surface area (Å²) in [7, 11) is -4.14. The van der Waals surface area contributed by atoms with Gasteiger partial charge in [0.1, 0.15) is 0 Å². The van der Waals surface area contributed by atoms with Crippen LogP contribution in [0.3, 0.4) is 0 Å². The summed E-state index contributed by atoms with van der Waals surface area (Å²) in [4.78, 5) is 5.98. The van der Waals surface area contributed by atoms with E-state index in [0.717, 1.165) is 50.1 Å². The third-order valence-electron chi connectivity index (χ3n) is 4.90. The van der Waals surface area contributed by atoms with E-state index in [9.17, 15) is 21.6 Å². The van der Waals surface area contributed by atoms with Crippen molar-refractivity contribution >= 4 is 38.8 Å². The Hall–Kier alpha value is -2.36. The molecule has 0 radical (unpaired) electrons. The molecular formula is C20H19ClF3N3O2S. The van der Waals surface area contributed by atoms with Crippen molar-refractivity contribution in [1.82, 2.24) is 10.3 Å². The number of para-hydroxylation sites is 1. The van der Waals surface area contributed by atoms with E-state index in [4.69, 9.17) is 0 Å². The molecule has 1 N–H and O–H groups in total. The van der Waals surface area contributed by atoms with Gasteiger partial charge in [0.15, 0.2) is 0 Å². The largest absolute Gasteiger partial charge is 0.416 e. The van der Waals surface area contributed by atoms with Gasteiger partial charge in [-0.1, -0.05) is 18.2 Å². The molecule has 0 saturated carbocycles. The number of fused-ring (bicyclic) bond motifs is 1. The predicted octanol–water partition coefficient (Wildman–Crippen LogP) is 3.92. The highest BCUT2D eigenvalue weighted by atomic mass is 35.5. The average molecular weight is 458 g/mol. The zero-order valence-electron chi connectivity index (χ0n) is 15.7. The van der Waals surface area contributed by atoms with Gasteiger partial charge in [-0.2, -0.15) is 13.2 Å². The van der Waals surface area contributed by atoms with Crippen LogP contribution in [0.4, 0.5) is 18.9 Å². The molecule has 1 saturated heterocycles. The van der Waals surface area contributed by atoms with Gasteiger partial charge < -0.3 is 10.2 Å². The number of pyridine rings is 1. The van der Waals surface area contributed by atoms with Crippen LogP contribution < -0.4 is 10.2 Å². The molecule has 10 heteroatoms. The number of nitrogens with one attached hydrogen (secondary N) is 1. The lowest BCUT2D eigenvalue weighted by Gasteiger charge is -2.30. The van der Waals surface area contributed by atoms with Crippen molar-refractivity contribution in [3.63, 3.8) is 0 Å². The fourth-order valence-electron chi connectivity index (χ4n) is 3.41. The smallest absolute Gasteiger partial charge is 0.367 e. The van der Waals surface area contributed by atoms with Crippen molar-refractivity contribution in [2.45, 2.75) is 16.0 Å². The first-order chi connectivity index (χ1) is 13.8. The van der Waals surface area contributed by atoms with Crippen LogP contribution in [0.25, 0.3) is 10.9 Å². The number of hydrogen-bond acceptors (Lipinski definition) is 5. The second-order valence-electron chi connectivity index (χ2n) is 6.79. The Kier molecular flexibility index (Phi) is 6.26. The van der Waals surface area contributed by atoms with Crippen LogP contribution in [0.15, 0.2) is 64.5 Å². The van der Waals surface area contributed by atoms with Crippen molar-refractivity contribution in [2.75, 3.05) is 31.1 Å². The monoisotopic (exact) mass is 457 g/mol. The van der Waals surface area contributed by atoms with Gasteiger partial charge in [0.2, 0.25) is 9.84 Å². The highest BCUT2D eigenvalue weighted by molar-refractivity contribution is 7.91. The maximum absolute atomic E-state index is 13.0. The van der Waals surface area contributed by atoms with Gasteiger partial charge in [-0.25, -0.2) is 8.42 Å². The van der Waals surface area contributed by atoms with E-state index in [1.165, 1.54) is 12.3 Å². The molecule has 30 heavy (non-hydrogen) atoms. The topological polar surface area (TPSA) is 62.3 Å². The molecule has 1 fully saturated rings. The van der Waals surface area contributed by atoms with Crippen LogP contribution in [-0.4, -0.2) is 39.6 Å². The van der Waals surface area contributed by atoms with Crippen LogP contribution in [-0.2, 0) is 16.0 Å². The van der Waals surface area contributed by atoms with Crippen molar-refractivity contribution < 1.29 is 21.6 Å². The number of hydrogen-bond donors (Lipinski definition) is 1. The number of rotatable bonds is 3. The second kappa shape index (κ2) is 8.41. The molecule has 2 heterocycles. The molecule has 2 aromatic carbocycles. The Morgan fingerprint density at radius 3 is 2.37 bits per heavy atom. The minimum atomic E-state index is -4.62. The molecule has 0 aliphatic carbocycles. The van der Waals surface area contributed by atoms with E-state index in [2.05, 4.69) is 15.2 Å². The summed E-state index contributed by atoms with van der Waals surface area (Å²) in [5, 5.41) is 3.89. The quantitative estimate of drug-likeness (QED) is 0.646. The summed E-state index contributed by atoms with van der Waals surface area (Å²) in [6.45, 7) is 3.31. The molecule has 0 spiro atoms. The fraction of sp³-hybridized carbons (Fsp3) is 0.250. The minimum absolute atomic E-state index is 0. The molecule has 0 atom stereocenters. The maximum atomic E-state index is 13.0. The molecular weight excluding hydrogens is 439 g/mol. The fourth-order valence-corrected chi connectivity index (χ4v) is 4.69. The molecule has 0 bridgehead atoms.